The molecule has 0 bridgehead atoms. The highest BCUT2D eigenvalue weighted by Gasteiger charge is 2.26. The molecule has 1 unspecified atom stereocenters. The lowest BCUT2D eigenvalue weighted by Gasteiger charge is -2.25. The van der Waals surface area contributed by atoms with Crippen LogP contribution in [0, 0.1) is 0 Å². The highest BCUT2D eigenvalue weighted by atomic mass is 16.5. The molecule has 1 heterocycles. The van der Waals surface area contributed by atoms with Crippen molar-refractivity contribution in [1.29, 1.82) is 0 Å². The minimum absolute atomic E-state index is 0.0805. The van der Waals surface area contributed by atoms with E-state index < -0.39 is 0 Å². The van der Waals surface area contributed by atoms with Gasteiger partial charge in [-0.1, -0.05) is 49.7 Å². The van der Waals surface area contributed by atoms with E-state index in [9.17, 15) is 4.79 Å². The first-order chi connectivity index (χ1) is 14.3. The average Bonchev–Trinajstić information content (AvgIpc) is 3.19. The summed E-state index contributed by atoms with van der Waals surface area (Å²) in [5.41, 5.74) is 2.13. The monoisotopic (exact) mass is 391 g/mol. The maximum Gasteiger partial charge on any atom is 0.329 e. The van der Waals surface area contributed by atoms with Crippen LogP contribution in [0.25, 0.3) is 10.9 Å². The molecule has 0 N–H and O–H groups in total. The first kappa shape index (κ1) is 19.6. The van der Waals surface area contributed by atoms with E-state index in [2.05, 4.69) is 12.1 Å². The van der Waals surface area contributed by atoms with Crippen molar-refractivity contribution in [2.24, 2.45) is 0 Å². The molecule has 1 fully saturated rings. The van der Waals surface area contributed by atoms with E-state index in [-0.39, 0.29) is 18.1 Å². The van der Waals surface area contributed by atoms with Crippen molar-refractivity contribution in [3.63, 3.8) is 0 Å². The Morgan fingerprint density at radius 3 is 2.59 bits per heavy atom. The van der Waals surface area contributed by atoms with Crippen LogP contribution in [0.4, 0.5) is 0 Å². The van der Waals surface area contributed by atoms with Crippen molar-refractivity contribution in [2.45, 2.75) is 64.2 Å². The number of hydrogen-bond donors (Lipinski definition) is 0. The third-order valence-electron chi connectivity index (χ3n) is 5.79. The van der Waals surface area contributed by atoms with Crippen molar-refractivity contribution < 1.29 is 14.3 Å². The second kappa shape index (κ2) is 9.17. The zero-order valence-corrected chi connectivity index (χ0v) is 17.0. The van der Waals surface area contributed by atoms with E-state index in [1.807, 2.05) is 60.2 Å². The quantitative estimate of drug-likeness (QED) is 0.461. The largest absolute Gasteiger partial charge is 0.488 e. The van der Waals surface area contributed by atoms with Crippen molar-refractivity contribution in [3.05, 3.63) is 66.4 Å². The Kier molecular flexibility index (Phi) is 6.18. The van der Waals surface area contributed by atoms with Crippen LogP contribution >= 0.6 is 0 Å². The lowest BCUT2D eigenvalue weighted by molar-refractivity contribution is -0.154. The molecule has 1 aliphatic rings. The van der Waals surface area contributed by atoms with E-state index in [0.717, 1.165) is 47.9 Å². The van der Waals surface area contributed by atoms with Gasteiger partial charge in [-0.05, 0) is 55.9 Å². The molecule has 0 spiro atoms. The van der Waals surface area contributed by atoms with Crippen LogP contribution in [0.2, 0.25) is 0 Å². The van der Waals surface area contributed by atoms with E-state index in [4.69, 9.17) is 9.47 Å². The molecule has 1 aromatic heterocycles. The molecular formula is C25H29NO3. The minimum Gasteiger partial charge on any atom is -0.488 e. The molecular weight excluding hydrogens is 362 g/mol. The molecule has 1 saturated carbocycles. The van der Waals surface area contributed by atoms with Crippen LogP contribution < -0.4 is 4.74 Å². The number of hydrogen-bond acceptors (Lipinski definition) is 3. The predicted octanol–water partition coefficient (Wildman–Crippen LogP) is 6.05. The Bertz CT molecular complexity index is 941. The van der Waals surface area contributed by atoms with Gasteiger partial charge in [0.05, 0.1) is 5.52 Å². The summed E-state index contributed by atoms with van der Waals surface area (Å²) >= 11 is 0. The lowest BCUT2D eigenvalue weighted by atomic mass is 9.98. The van der Waals surface area contributed by atoms with Gasteiger partial charge in [0.15, 0.2) is 0 Å². The molecule has 4 heteroatoms. The van der Waals surface area contributed by atoms with Crippen LogP contribution in [0.5, 0.6) is 5.75 Å². The van der Waals surface area contributed by atoms with Gasteiger partial charge >= 0.3 is 5.97 Å². The van der Waals surface area contributed by atoms with Crippen molar-refractivity contribution in [2.75, 3.05) is 0 Å². The van der Waals surface area contributed by atoms with E-state index in [0.29, 0.717) is 13.0 Å². The Labute approximate surface area is 172 Å². The molecule has 2 aromatic carbocycles. The summed E-state index contributed by atoms with van der Waals surface area (Å²) in [6.07, 6.45) is 8.31. The fourth-order valence-corrected chi connectivity index (χ4v) is 4.20. The molecule has 4 rings (SSSR count). The summed E-state index contributed by atoms with van der Waals surface area (Å²) < 4.78 is 14.0. The number of rotatable bonds is 7. The highest BCUT2D eigenvalue weighted by Crippen LogP contribution is 2.31. The first-order valence-electron chi connectivity index (χ1n) is 10.7. The van der Waals surface area contributed by atoms with Gasteiger partial charge in [0.2, 0.25) is 0 Å². The molecule has 0 saturated heterocycles. The fourth-order valence-electron chi connectivity index (χ4n) is 4.20. The summed E-state index contributed by atoms with van der Waals surface area (Å²) in [4.78, 5) is 12.9. The van der Waals surface area contributed by atoms with Crippen molar-refractivity contribution in [3.8, 4) is 5.75 Å². The van der Waals surface area contributed by atoms with Gasteiger partial charge in [-0.3, -0.25) is 0 Å². The van der Waals surface area contributed by atoms with Crippen molar-refractivity contribution >= 4 is 16.9 Å². The number of esters is 1. The van der Waals surface area contributed by atoms with Crippen LogP contribution in [-0.2, 0) is 16.1 Å². The molecule has 29 heavy (non-hydrogen) atoms. The third-order valence-corrected chi connectivity index (χ3v) is 5.79. The molecule has 3 aromatic rings. The summed E-state index contributed by atoms with van der Waals surface area (Å²) in [5.74, 6) is 0.716. The highest BCUT2D eigenvalue weighted by molar-refractivity contribution is 5.88. The maximum atomic E-state index is 12.9. The van der Waals surface area contributed by atoms with Gasteiger partial charge < -0.3 is 14.0 Å². The van der Waals surface area contributed by atoms with E-state index >= 15 is 0 Å². The predicted molar refractivity (Wildman–Crippen MR) is 115 cm³/mol. The van der Waals surface area contributed by atoms with Crippen LogP contribution in [0.3, 0.4) is 0 Å². The Balaban J connectivity index is 1.53. The second-order valence-corrected chi connectivity index (χ2v) is 7.81. The Morgan fingerprint density at radius 1 is 1.03 bits per heavy atom. The van der Waals surface area contributed by atoms with Crippen LogP contribution in [-0.4, -0.2) is 16.6 Å². The summed E-state index contributed by atoms with van der Waals surface area (Å²) in [6.45, 7) is 2.56. The average molecular weight is 392 g/mol. The van der Waals surface area contributed by atoms with E-state index in [1.165, 1.54) is 6.42 Å². The molecule has 1 aliphatic carbocycles. The van der Waals surface area contributed by atoms with Gasteiger partial charge in [-0.2, -0.15) is 0 Å². The van der Waals surface area contributed by atoms with E-state index in [1.54, 1.807) is 0 Å². The Morgan fingerprint density at radius 2 is 1.83 bits per heavy atom. The lowest BCUT2D eigenvalue weighted by Crippen LogP contribution is -2.27. The zero-order valence-electron chi connectivity index (χ0n) is 17.0. The van der Waals surface area contributed by atoms with Gasteiger partial charge in [0.25, 0.3) is 0 Å². The van der Waals surface area contributed by atoms with Gasteiger partial charge in [0, 0.05) is 11.6 Å². The summed E-state index contributed by atoms with van der Waals surface area (Å²) in [5, 5.41) is 1.02. The molecule has 4 nitrogen and oxygen atoms in total. The maximum absolute atomic E-state index is 12.9. The normalized spacial score (nSPS) is 15.9. The number of nitrogens with zero attached hydrogens (tertiary/aromatic N) is 1. The molecule has 1 atom stereocenters. The SMILES string of the molecule is CCC(C(=O)OC1CCCCC1)n1ccc2c(OCc3ccccc3)cccc21. The topological polar surface area (TPSA) is 40.5 Å². The smallest absolute Gasteiger partial charge is 0.329 e. The van der Waals surface area contributed by atoms with Gasteiger partial charge in [-0.25, -0.2) is 4.79 Å². The zero-order chi connectivity index (χ0) is 20.1. The van der Waals surface area contributed by atoms with Crippen molar-refractivity contribution in [1.82, 2.24) is 4.57 Å². The number of aromatic nitrogens is 1. The number of carbonyl (C=O) groups excluding carboxylic acids is 1. The minimum atomic E-state index is -0.307. The standard InChI is InChI=1S/C25H29NO3/c1-2-22(25(27)29-20-12-7-4-8-13-20)26-17-16-21-23(26)14-9-15-24(21)28-18-19-10-5-3-6-11-19/h3,5-6,9-11,14-17,20,22H,2,4,7-8,12-13,18H2,1H3. The number of fused-ring (bicyclic) bond motifs is 1. The Hall–Kier alpha value is -2.75. The molecule has 152 valence electrons. The number of ether oxygens (including phenoxy) is 2. The number of carbonyl (C=O) groups is 1. The molecule has 0 amide bonds. The summed E-state index contributed by atoms with van der Waals surface area (Å²) in [7, 11) is 0. The summed E-state index contributed by atoms with van der Waals surface area (Å²) in [6, 6.07) is 17.9. The van der Waals surface area contributed by atoms with Crippen LogP contribution in [0.1, 0.15) is 57.1 Å². The number of benzene rings is 2. The fraction of sp³-hybridized carbons (Fsp3) is 0.400. The van der Waals surface area contributed by atoms with Crippen LogP contribution in [0.15, 0.2) is 60.8 Å². The molecule has 0 radical (unpaired) electrons. The van der Waals surface area contributed by atoms with Gasteiger partial charge in [0.1, 0.15) is 24.5 Å². The first-order valence-corrected chi connectivity index (χ1v) is 10.7. The second-order valence-electron chi connectivity index (χ2n) is 7.81. The molecule has 0 aliphatic heterocycles. The van der Waals surface area contributed by atoms with Gasteiger partial charge in [-0.15, -0.1) is 0 Å². The third kappa shape index (κ3) is 4.47.